The molecule has 0 aliphatic heterocycles. The molecular weight excluding hydrogens is 272 g/mol. The van der Waals surface area contributed by atoms with Crippen molar-refractivity contribution in [3.05, 3.63) is 35.9 Å². The number of esters is 1. The summed E-state index contributed by atoms with van der Waals surface area (Å²) in [7, 11) is 0. The SMILES string of the molecule is CCCCCCCCCCC[C@@H](C)OC(=O)c1ccccc1. The number of benzene rings is 1. The molecule has 0 aliphatic carbocycles. The maximum atomic E-state index is 11.9. The van der Waals surface area contributed by atoms with Crippen molar-refractivity contribution in [3.8, 4) is 0 Å². The Bertz CT molecular complexity index is 386. The highest BCUT2D eigenvalue weighted by Gasteiger charge is 2.10. The number of unbranched alkanes of at least 4 members (excludes halogenated alkanes) is 8. The van der Waals surface area contributed by atoms with E-state index in [0.717, 1.165) is 12.8 Å². The van der Waals surface area contributed by atoms with Gasteiger partial charge in [-0.25, -0.2) is 4.79 Å². The van der Waals surface area contributed by atoms with Crippen molar-refractivity contribution in [2.75, 3.05) is 0 Å². The Kier molecular flexibility index (Phi) is 10.4. The summed E-state index contributed by atoms with van der Waals surface area (Å²) in [5.41, 5.74) is 0.640. The van der Waals surface area contributed by atoms with Crippen LogP contribution in [0.5, 0.6) is 0 Å². The molecule has 124 valence electrons. The Morgan fingerprint density at radius 1 is 0.909 bits per heavy atom. The number of carbonyl (C=O) groups is 1. The molecule has 0 aromatic heterocycles. The van der Waals surface area contributed by atoms with Gasteiger partial charge in [0.25, 0.3) is 0 Å². The van der Waals surface area contributed by atoms with Gasteiger partial charge in [0.05, 0.1) is 11.7 Å². The monoisotopic (exact) mass is 304 g/mol. The second-order valence-corrected chi connectivity index (χ2v) is 6.20. The van der Waals surface area contributed by atoms with E-state index in [9.17, 15) is 4.79 Å². The van der Waals surface area contributed by atoms with E-state index in [-0.39, 0.29) is 12.1 Å². The van der Waals surface area contributed by atoms with Gasteiger partial charge >= 0.3 is 5.97 Å². The summed E-state index contributed by atoms with van der Waals surface area (Å²) in [6.07, 6.45) is 12.9. The van der Waals surface area contributed by atoms with Crippen LogP contribution in [-0.2, 0) is 4.74 Å². The zero-order chi connectivity index (χ0) is 16.0. The van der Waals surface area contributed by atoms with Crippen molar-refractivity contribution in [2.45, 2.75) is 84.2 Å². The molecule has 0 saturated heterocycles. The molecule has 0 N–H and O–H groups in total. The van der Waals surface area contributed by atoms with Crippen LogP contribution < -0.4 is 0 Å². The molecule has 0 bridgehead atoms. The number of carbonyl (C=O) groups excluding carboxylic acids is 1. The lowest BCUT2D eigenvalue weighted by atomic mass is 10.1. The highest BCUT2D eigenvalue weighted by atomic mass is 16.5. The van der Waals surface area contributed by atoms with Crippen LogP contribution in [0.15, 0.2) is 30.3 Å². The van der Waals surface area contributed by atoms with Gasteiger partial charge < -0.3 is 4.74 Å². The third kappa shape index (κ3) is 8.86. The molecule has 0 aliphatic rings. The Hall–Kier alpha value is -1.31. The van der Waals surface area contributed by atoms with Crippen LogP contribution in [0.3, 0.4) is 0 Å². The molecule has 0 fully saturated rings. The fourth-order valence-electron chi connectivity index (χ4n) is 2.63. The fourth-order valence-corrected chi connectivity index (χ4v) is 2.63. The molecule has 1 rings (SSSR count). The van der Waals surface area contributed by atoms with Gasteiger partial charge in [-0.2, -0.15) is 0 Å². The molecule has 1 atom stereocenters. The Labute approximate surface area is 136 Å². The van der Waals surface area contributed by atoms with Crippen LogP contribution in [0, 0.1) is 0 Å². The summed E-state index contributed by atoms with van der Waals surface area (Å²) in [5.74, 6) is -0.205. The molecule has 0 radical (unpaired) electrons. The molecule has 0 spiro atoms. The van der Waals surface area contributed by atoms with E-state index >= 15 is 0 Å². The smallest absolute Gasteiger partial charge is 0.338 e. The predicted molar refractivity (Wildman–Crippen MR) is 93.2 cm³/mol. The van der Waals surface area contributed by atoms with Gasteiger partial charge in [0.1, 0.15) is 0 Å². The lowest BCUT2D eigenvalue weighted by Crippen LogP contribution is -2.14. The standard InChI is InChI=1S/C20H32O2/c1-3-4-5-6-7-8-9-10-12-15-18(2)22-20(21)19-16-13-11-14-17-19/h11,13-14,16-18H,3-10,12,15H2,1-2H3/t18-/m1/s1. The molecule has 2 nitrogen and oxygen atoms in total. The fraction of sp³-hybridized carbons (Fsp3) is 0.650. The Morgan fingerprint density at radius 3 is 2.05 bits per heavy atom. The number of ether oxygens (including phenoxy) is 1. The quantitative estimate of drug-likeness (QED) is 0.342. The largest absolute Gasteiger partial charge is 0.459 e. The minimum absolute atomic E-state index is 0.0114. The van der Waals surface area contributed by atoms with Gasteiger partial charge in [0.2, 0.25) is 0 Å². The summed E-state index contributed by atoms with van der Waals surface area (Å²) in [4.78, 5) is 11.9. The predicted octanol–water partition coefficient (Wildman–Crippen LogP) is 6.15. The molecule has 0 saturated carbocycles. The molecule has 0 unspecified atom stereocenters. The van der Waals surface area contributed by atoms with Crippen LogP contribution in [0.25, 0.3) is 0 Å². The topological polar surface area (TPSA) is 26.3 Å². The molecule has 0 heterocycles. The van der Waals surface area contributed by atoms with E-state index in [1.54, 1.807) is 12.1 Å². The number of hydrogen-bond donors (Lipinski definition) is 0. The lowest BCUT2D eigenvalue weighted by molar-refractivity contribution is 0.0319. The number of rotatable bonds is 12. The van der Waals surface area contributed by atoms with Crippen molar-refractivity contribution in [1.82, 2.24) is 0 Å². The lowest BCUT2D eigenvalue weighted by Gasteiger charge is -2.13. The van der Waals surface area contributed by atoms with Crippen molar-refractivity contribution in [1.29, 1.82) is 0 Å². The summed E-state index contributed by atoms with van der Waals surface area (Å²) >= 11 is 0. The highest BCUT2D eigenvalue weighted by Crippen LogP contribution is 2.13. The summed E-state index contributed by atoms with van der Waals surface area (Å²) in [5, 5.41) is 0. The van der Waals surface area contributed by atoms with E-state index in [2.05, 4.69) is 6.92 Å². The van der Waals surface area contributed by atoms with Crippen molar-refractivity contribution < 1.29 is 9.53 Å². The maximum absolute atomic E-state index is 11.9. The van der Waals surface area contributed by atoms with E-state index in [4.69, 9.17) is 4.74 Å². The first-order valence-electron chi connectivity index (χ1n) is 9.00. The number of hydrogen-bond acceptors (Lipinski definition) is 2. The van der Waals surface area contributed by atoms with Gasteiger partial charge in [0.15, 0.2) is 0 Å². The van der Waals surface area contributed by atoms with Crippen LogP contribution in [0.2, 0.25) is 0 Å². The van der Waals surface area contributed by atoms with E-state index in [1.807, 2.05) is 25.1 Å². The maximum Gasteiger partial charge on any atom is 0.338 e. The molecule has 1 aromatic rings. The summed E-state index contributed by atoms with van der Waals surface area (Å²) in [6.45, 7) is 4.25. The second kappa shape index (κ2) is 12.3. The second-order valence-electron chi connectivity index (χ2n) is 6.20. The van der Waals surface area contributed by atoms with Gasteiger partial charge in [-0.1, -0.05) is 76.5 Å². The highest BCUT2D eigenvalue weighted by molar-refractivity contribution is 5.89. The normalized spacial score (nSPS) is 12.1. The average Bonchev–Trinajstić information content (AvgIpc) is 2.54. The van der Waals surface area contributed by atoms with Gasteiger partial charge in [0, 0.05) is 0 Å². The van der Waals surface area contributed by atoms with Gasteiger partial charge in [-0.3, -0.25) is 0 Å². The molecule has 0 amide bonds. The Morgan fingerprint density at radius 2 is 1.45 bits per heavy atom. The van der Waals surface area contributed by atoms with Crippen molar-refractivity contribution >= 4 is 5.97 Å². The first-order chi connectivity index (χ1) is 10.7. The first-order valence-corrected chi connectivity index (χ1v) is 9.00. The van der Waals surface area contributed by atoms with Crippen LogP contribution in [0.4, 0.5) is 0 Å². The van der Waals surface area contributed by atoms with E-state index < -0.39 is 0 Å². The molecule has 2 heteroatoms. The summed E-state index contributed by atoms with van der Waals surface area (Å²) in [6, 6.07) is 9.23. The zero-order valence-corrected chi connectivity index (χ0v) is 14.4. The third-order valence-corrected chi connectivity index (χ3v) is 4.03. The molecule has 1 aromatic carbocycles. The van der Waals surface area contributed by atoms with E-state index in [0.29, 0.717) is 5.56 Å². The first kappa shape index (κ1) is 18.7. The van der Waals surface area contributed by atoms with Gasteiger partial charge in [-0.15, -0.1) is 0 Å². The molecular formula is C20H32O2. The third-order valence-electron chi connectivity index (χ3n) is 4.03. The van der Waals surface area contributed by atoms with Crippen LogP contribution in [0.1, 0.15) is 88.4 Å². The zero-order valence-electron chi connectivity index (χ0n) is 14.4. The van der Waals surface area contributed by atoms with Crippen molar-refractivity contribution in [2.24, 2.45) is 0 Å². The average molecular weight is 304 g/mol. The molecule has 22 heavy (non-hydrogen) atoms. The summed E-state index contributed by atoms with van der Waals surface area (Å²) < 4.78 is 5.47. The van der Waals surface area contributed by atoms with Crippen molar-refractivity contribution in [3.63, 3.8) is 0 Å². The minimum Gasteiger partial charge on any atom is -0.459 e. The van der Waals surface area contributed by atoms with Gasteiger partial charge in [-0.05, 0) is 31.9 Å². The minimum atomic E-state index is -0.205. The Balaban J connectivity index is 1.99. The van der Waals surface area contributed by atoms with Crippen LogP contribution >= 0.6 is 0 Å². The van der Waals surface area contributed by atoms with E-state index in [1.165, 1.54) is 51.4 Å². The van der Waals surface area contributed by atoms with Crippen LogP contribution in [-0.4, -0.2) is 12.1 Å².